The second-order valence-corrected chi connectivity index (χ2v) is 5.27. The molecule has 0 amide bonds. The molecule has 0 bridgehead atoms. The zero-order chi connectivity index (χ0) is 14.7. The number of nitrogens with zero attached hydrogens (tertiary/aromatic N) is 3. The molecule has 0 saturated carbocycles. The Balaban J connectivity index is 2.71. The van der Waals surface area contributed by atoms with Crippen LogP contribution < -0.4 is 11.5 Å². The molecule has 0 aliphatic carbocycles. The first-order valence-corrected chi connectivity index (χ1v) is 7.58. The summed E-state index contributed by atoms with van der Waals surface area (Å²) < 4.78 is 1.92. The van der Waals surface area contributed by atoms with E-state index in [1.807, 2.05) is 4.52 Å². The summed E-state index contributed by atoms with van der Waals surface area (Å²) >= 11 is 0. The Bertz CT molecular complexity index is 600. The lowest BCUT2D eigenvalue weighted by Crippen LogP contribution is -2.10. The van der Waals surface area contributed by atoms with Gasteiger partial charge in [0.1, 0.15) is 0 Å². The molecule has 0 atom stereocenters. The number of aryl methyl sites for hydroxylation is 3. The van der Waals surface area contributed by atoms with Crippen LogP contribution in [-0.4, -0.2) is 14.6 Å². The van der Waals surface area contributed by atoms with Crippen LogP contribution in [0.15, 0.2) is 0 Å². The second kappa shape index (κ2) is 6.11. The number of fused-ring (bicyclic) bond motifs is 1. The molecule has 5 heteroatoms. The van der Waals surface area contributed by atoms with Crippen LogP contribution in [0.2, 0.25) is 0 Å². The number of nitrogens with two attached hydrogens (primary N) is 2. The SMILES string of the molecule is CCCc1nn2c(CCC)c(N)c(N)nc2c1CCC. The van der Waals surface area contributed by atoms with Crippen molar-refractivity contribution in [1.29, 1.82) is 0 Å². The highest BCUT2D eigenvalue weighted by molar-refractivity contribution is 5.67. The minimum atomic E-state index is 0.432. The van der Waals surface area contributed by atoms with E-state index in [9.17, 15) is 0 Å². The average Bonchev–Trinajstić information content (AvgIpc) is 2.74. The van der Waals surface area contributed by atoms with E-state index in [2.05, 4.69) is 25.8 Å². The zero-order valence-electron chi connectivity index (χ0n) is 12.7. The van der Waals surface area contributed by atoms with Crippen molar-refractivity contribution in [2.24, 2.45) is 0 Å². The predicted octanol–water partition coefficient (Wildman–Crippen LogP) is 2.75. The van der Waals surface area contributed by atoms with Gasteiger partial charge in [0.05, 0.1) is 17.1 Å². The highest BCUT2D eigenvalue weighted by atomic mass is 15.3. The van der Waals surface area contributed by atoms with Crippen LogP contribution in [0.4, 0.5) is 11.5 Å². The Hall–Kier alpha value is -1.78. The summed E-state index contributed by atoms with van der Waals surface area (Å²) in [6, 6.07) is 0. The number of rotatable bonds is 6. The Morgan fingerprint density at radius 3 is 2.20 bits per heavy atom. The van der Waals surface area contributed by atoms with Gasteiger partial charge in [-0.1, -0.05) is 40.0 Å². The van der Waals surface area contributed by atoms with E-state index in [1.54, 1.807) is 0 Å². The number of anilines is 2. The third kappa shape index (κ3) is 2.44. The summed E-state index contributed by atoms with van der Waals surface area (Å²) in [5.41, 5.74) is 16.9. The monoisotopic (exact) mass is 275 g/mol. The number of hydrogen-bond donors (Lipinski definition) is 2. The summed E-state index contributed by atoms with van der Waals surface area (Å²) in [5.74, 6) is 0.432. The summed E-state index contributed by atoms with van der Waals surface area (Å²) in [5, 5.41) is 4.76. The maximum Gasteiger partial charge on any atom is 0.161 e. The molecule has 0 saturated heterocycles. The third-order valence-electron chi connectivity index (χ3n) is 3.58. The van der Waals surface area contributed by atoms with Gasteiger partial charge in [-0.15, -0.1) is 0 Å². The number of nitrogen functional groups attached to an aromatic ring is 2. The van der Waals surface area contributed by atoms with Crippen molar-refractivity contribution >= 4 is 17.2 Å². The van der Waals surface area contributed by atoms with E-state index < -0.39 is 0 Å². The van der Waals surface area contributed by atoms with Gasteiger partial charge >= 0.3 is 0 Å². The summed E-state index contributed by atoms with van der Waals surface area (Å²) in [6.45, 7) is 6.47. The molecule has 2 rings (SSSR count). The largest absolute Gasteiger partial charge is 0.394 e. The fourth-order valence-electron chi connectivity index (χ4n) is 2.65. The lowest BCUT2D eigenvalue weighted by Gasteiger charge is -2.09. The molecule has 2 aromatic heterocycles. The van der Waals surface area contributed by atoms with Crippen molar-refractivity contribution in [1.82, 2.24) is 14.6 Å². The fourth-order valence-corrected chi connectivity index (χ4v) is 2.65. The molecule has 0 aromatic carbocycles. The molecule has 0 radical (unpaired) electrons. The molecule has 0 fully saturated rings. The van der Waals surface area contributed by atoms with Gasteiger partial charge in [-0.2, -0.15) is 5.10 Å². The van der Waals surface area contributed by atoms with Gasteiger partial charge in [0.2, 0.25) is 0 Å². The maximum absolute atomic E-state index is 6.09. The van der Waals surface area contributed by atoms with Crippen molar-refractivity contribution in [2.45, 2.75) is 59.3 Å². The third-order valence-corrected chi connectivity index (χ3v) is 3.58. The number of aromatic nitrogens is 3. The van der Waals surface area contributed by atoms with Crippen LogP contribution in [0.3, 0.4) is 0 Å². The lowest BCUT2D eigenvalue weighted by atomic mass is 10.1. The molecule has 2 aromatic rings. The minimum Gasteiger partial charge on any atom is -0.394 e. The Labute approximate surface area is 120 Å². The summed E-state index contributed by atoms with van der Waals surface area (Å²) in [4.78, 5) is 4.49. The fraction of sp³-hybridized carbons (Fsp3) is 0.600. The van der Waals surface area contributed by atoms with Gasteiger partial charge in [-0.05, 0) is 19.3 Å². The highest BCUT2D eigenvalue weighted by Crippen LogP contribution is 2.26. The van der Waals surface area contributed by atoms with Crippen LogP contribution in [0, 0.1) is 0 Å². The molecule has 110 valence electrons. The Morgan fingerprint density at radius 1 is 0.950 bits per heavy atom. The van der Waals surface area contributed by atoms with Gasteiger partial charge in [-0.25, -0.2) is 9.50 Å². The highest BCUT2D eigenvalue weighted by Gasteiger charge is 2.18. The van der Waals surface area contributed by atoms with Gasteiger partial charge in [0.15, 0.2) is 11.5 Å². The van der Waals surface area contributed by atoms with Gasteiger partial charge in [0, 0.05) is 5.56 Å². The van der Waals surface area contributed by atoms with Crippen molar-refractivity contribution in [3.05, 3.63) is 17.0 Å². The van der Waals surface area contributed by atoms with Gasteiger partial charge in [-0.3, -0.25) is 0 Å². The smallest absolute Gasteiger partial charge is 0.161 e. The zero-order valence-corrected chi connectivity index (χ0v) is 12.7. The quantitative estimate of drug-likeness (QED) is 0.849. The normalized spacial score (nSPS) is 11.3. The first-order chi connectivity index (χ1) is 9.63. The van der Waals surface area contributed by atoms with E-state index in [4.69, 9.17) is 16.6 Å². The van der Waals surface area contributed by atoms with E-state index in [-0.39, 0.29) is 0 Å². The maximum atomic E-state index is 6.09. The molecule has 20 heavy (non-hydrogen) atoms. The molecular formula is C15H25N5. The molecule has 0 unspecified atom stereocenters. The molecule has 4 N–H and O–H groups in total. The van der Waals surface area contributed by atoms with Crippen LogP contribution in [0.1, 0.15) is 57.0 Å². The molecule has 0 aliphatic rings. The Morgan fingerprint density at radius 2 is 1.60 bits per heavy atom. The lowest BCUT2D eigenvalue weighted by molar-refractivity contribution is 0.771. The van der Waals surface area contributed by atoms with E-state index in [0.717, 1.165) is 55.6 Å². The van der Waals surface area contributed by atoms with Crippen LogP contribution >= 0.6 is 0 Å². The minimum absolute atomic E-state index is 0.432. The second-order valence-electron chi connectivity index (χ2n) is 5.27. The van der Waals surface area contributed by atoms with E-state index in [0.29, 0.717) is 11.5 Å². The summed E-state index contributed by atoms with van der Waals surface area (Å²) in [7, 11) is 0. The topological polar surface area (TPSA) is 82.2 Å². The van der Waals surface area contributed by atoms with E-state index in [1.165, 1.54) is 5.56 Å². The van der Waals surface area contributed by atoms with E-state index >= 15 is 0 Å². The van der Waals surface area contributed by atoms with Crippen molar-refractivity contribution < 1.29 is 0 Å². The van der Waals surface area contributed by atoms with Gasteiger partial charge in [0.25, 0.3) is 0 Å². The standard InChI is InChI=1S/C15H25N5/c1-4-7-10-11(8-5-2)19-20-12(9-6-3)13(16)14(17)18-15(10)20/h4-9,16H2,1-3H3,(H2,17,18). The van der Waals surface area contributed by atoms with Crippen LogP contribution in [-0.2, 0) is 19.3 Å². The molecular weight excluding hydrogens is 250 g/mol. The first-order valence-electron chi connectivity index (χ1n) is 7.58. The Kier molecular flexibility index (Phi) is 4.47. The first kappa shape index (κ1) is 14.6. The summed E-state index contributed by atoms with van der Waals surface area (Å²) in [6.07, 6.45) is 6.00. The molecule has 0 spiro atoms. The van der Waals surface area contributed by atoms with Crippen molar-refractivity contribution in [2.75, 3.05) is 11.5 Å². The van der Waals surface area contributed by atoms with Crippen molar-refractivity contribution in [3.63, 3.8) is 0 Å². The van der Waals surface area contributed by atoms with Crippen LogP contribution in [0.5, 0.6) is 0 Å². The van der Waals surface area contributed by atoms with Crippen LogP contribution in [0.25, 0.3) is 5.65 Å². The predicted molar refractivity (Wildman–Crippen MR) is 83.8 cm³/mol. The molecule has 2 heterocycles. The number of hydrogen-bond acceptors (Lipinski definition) is 4. The molecule has 5 nitrogen and oxygen atoms in total. The van der Waals surface area contributed by atoms with Gasteiger partial charge < -0.3 is 11.5 Å². The molecule has 0 aliphatic heterocycles. The average molecular weight is 275 g/mol. The van der Waals surface area contributed by atoms with Crippen molar-refractivity contribution in [3.8, 4) is 0 Å².